The van der Waals surface area contributed by atoms with Crippen LogP contribution in [0.1, 0.15) is 0 Å². The fourth-order valence-electron chi connectivity index (χ4n) is 2.34. The molecule has 6 heteroatoms. The van der Waals surface area contributed by atoms with Gasteiger partial charge in [-0.05, 0) is 29.5 Å². The van der Waals surface area contributed by atoms with Gasteiger partial charge in [-0.3, -0.25) is 4.79 Å². The van der Waals surface area contributed by atoms with Gasteiger partial charge in [-0.1, -0.05) is 18.2 Å². The first kappa shape index (κ1) is 12.2. The summed E-state index contributed by atoms with van der Waals surface area (Å²) in [6, 6.07) is 13.3. The number of rotatable bonds is 1. The fraction of sp³-hybridized carbons (Fsp3) is 0.0667. The van der Waals surface area contributed by atoms with Crippen LogP contribution < -0.4 is 5.43 Å². The Hall–Kier alpha value is -2.60. The van der Waals surface area contributed by atoms with E-state index >= 15 is 0 Å². The Kier molecular flexibility index (Phi) is 2.58. The van der Waals surface area contributed by atoms with E-state index in [0.29, 0.717) is 5.82 Å². The molecule has 0 saturated carbocycles. The van der Waals surface area contributed by atoms with Gasteiger partial charge < -0.3 is 0 Å². The lowest BCUT2D eigenvalue weighted by molar-refractivity contribution is 0.630. The molecule has 0 fully saturated rings. The highest BCUT2D eigenvalue weighted by Crippen LogP contribution is 2.27. The second kappa shape index (κ2) is 4.46. The SMILES string of the molecule is Cn1nnc(-c2ccc3c(=O)c4ccccc4sc3c2)n1. The van der Waals surface area contributed by atoms with Crippen molar-refractivity contribution in [1.82, 2.24) is 20.2 Å². The van der Waals surface area contributed by atoms with Crippen molar-refractivity contribution in [1.29, 1.82) is 0 Å². The van der Waals surface area contributed by atoms with Gasteiger partial charge in [0.05, 0.1) is 7.05 Å². The van der Waals surface area contributed by atoms with Crippen LogP contribution in [0.15, 0.2) is 47.3 Å². The van der Waals surface area contributed by atoms with Gasteiger partial charge >= 0.3 is 0 Å². The smallest absolute Gasteiger partial charge is 0.204 e. The van der Waals surface area contributed by atoms with Gasteiger partial charge in [-0.15, -0.1) is 21.5 Å². The van der Waals surface area contributed by atoms with E-state index in [-0.39, 0.29) is 5.43 Å². The van der Waals surface area contributed by atoms with Crippen LogP contribution in [0.4, 0.5) is 0 Å². The predicted octanol–water partition coefficient (Wildman–Crippen LogP) is 2.61. The number of aryl methyl sites for hydroxylation is 1. The predicted molar refractivity (Wildman–Crippen MR) is 83.4 cm³/mol. The van der Waals surface area contributed by atoms with Gasteiger partial charge in [-0.2, -0.15) is 4.80 Å². The molecule has 102 valence electrons. The van der Waals surface area contributed by atoms with Crippen molar-refractivity contribution in [3.05, 3.63) is 52.7 Å². The number of hydrogen-bond acceptors (Lipinski definition) is 5. The van der Waals surface area contributed by atoms with Crippen molar-refractivity contribution in [2.75, 3.05) is 0 Å². The molecule has 4 aromatic rings. The van der Waals surface area contributed by atoms with E-state index in [9.17, 15) is 4.79 Å². The third-order valence-corrected chi connectivity index (χ3v) is 4.48. The first-order valence-electron chi connectivity index (χ1n) is 6.42. The molecule has 2 aromatic carbocycles. The fourth-order valence-corrected chi connectivity index (χ4v) is 3.45. The van der Waals surface area contributed by atoms with Crippen molar-refractivity contribution < 1.29 is 0 Å². The van der Waals surface area contributed by atoms with E-state index in [2.05, 4.69) is 15.4 Å². The molecule has 0 bridgehead atoms. The summed E-state index contributed by atoms with van der Waals surface area (Å²) in [7, 11) is 1.73. The zero-order chi connectivity index (χ0) is 14.4. The normalized spacial score (nSPS) is 11.3. The third-order valence-electron chi connectivity index (χ3n) is 3.34. The van der Waals surface area contributed by atoms with Crippen molar-refractivity contribution in [3.8, 4) is 11.4 Å². The standard InChI is InChI=1S/C15H10N4OS/c1-19-17-15(16-18-19)9-6-7-11-13(8-9)21-12-5-3-2-4-10(12)14(11)20/h2-8H,1H3. The third kappa shape index (κ3) is 1.92. The van der Waals surface area contributed by atoms with Crippen LogP contribution in [0, 0.1) is 0 Å². The lowest BCUT2D eigenvalue weighted by Gasteiger charge is -2.02. The molecule has 2 heterocycles. The maximum absolute atomic E-state index is 12.5. The Morgan fingerprint density at radius 1 is 1.05 bits per heavy atom. The molecule has 21 heavy (non-hydrogen) atoms. The Balaban J connectivity index is 2.04. The number of hydrogen-bond donors (Lipinski definition) is 0. The summed E-state index contributed by atoms with van der Waals surface area (Å²) >= 11 is 1.60. The van der Waals surface area contributed by atoms with E-state index in [1.54, 1.807) is 18.4 Å². The molecule has 0 amide bonds. The highest BCUT2D eigenvalue weighted by Gasteiger charge is 2.09. The van der Waals surface area contributed by atoms with E-state index in [1.807, 2.05) is 42.5 Å². The number of aromatic nitrogens is 4. The zero-order valence-corrected chi connectivity index (χ0v) is 12.0. The lowest BCUT2D eigenvalue weighted by atomic mass is 10.1. The molecule has 0 saturated heterocycles. The molecule has 0 aliphatic rings. The molecule has 0 unspecified atom stereocenters. The summed E-state index contributed by atoms with van der Waals surface area (Å²) in [5, 5.41) is 13.5. The zero-order valence-electron chi connectivity index (χ0n) is 11.1. The number of benzene rings is 2. The first-order chi connectivity index (χ1) is 10.2. The first-order valence-corrected chi connectivity index (χ1v) is 7.24. The molecule has 0 N–H and O–H groups in total. The second-order valence-electron chi connectivity index (χ2n) is 4.74. The summed E-state index contributed by atoms with van der Waals surface area (Å²) in [6.07, 6.45) is 0. The van der Waals surface area contributed by atoms with Crippen molar-refractivity contribution >= 4 is 31.5 Å². The van der Waals surface area contributed by atoms with Crippen molar-refractivity contribution in [3.63, 3.8) is 0 Å². The van der Waals surface area contributed by atoms with E-state index < -0.39 is 0 Å². The van der Waals surface area contributed by atoms with E-state index in [1.165, 1.54) is 4.80 Å². The highest BCUT2D eigenvalue weighted by molar-refractivity contribution is 7.24. The van der Waals surface area contributed by atoms with Gasteiger partial charge in [0.25, 0.3) is 0 Å². The summed E-state index contributed by atoms with van der Waals surface area (Å²) in [4.78, 5) is 13.9. The van der Waals surface area contributed by atoms with Gasteiger partial charge in [0.2, 0.25) is 5.82 Å². The van der Waals surface area contributed by atoms with Crippen LogP contribution in [-0.4, -0.2) is 20.2 Å². The molecule has 4 rings (SSSR count). The molecule has 0 atom stereocenters. The van der Waals surface area contributed by atoms with Crippen LogP contribution in [0.2, 0.25) is 0 Å². The summed E-state index contributed by atoms with van der Waals surface area (Å²) in [5.74, 6) is 0.562. The maximum Gasteiger partial charge on any atom is 0.204 e. The average Bonchev–Trinajstić information content (AvgIpc) is 2.94. The Labute approximate surface area is 123 Å². The van der Waals surface area contributed by atoms with Crippen LogP contribution in [0.3, 0.4) is 0 Å². The number of fused-ring (bicyclic) bond motifs is 2. The molecule has 0 spiro atoms. The Morgan fingerprint density at radius 2 is 1.86 bits per heavy atom. The minimum atomic E-state index is 0.0676. The number of nitrogens with zero attached hydrogens (tertiary/aromatic N) is 4. The Bertz CT molecular complexity index is 1030. The summed E-state index contributed by atoms with van der Waals surface area (Å²) in [6.45, 7) is 0. The molecule has 0 aliphatic carbocycles. The molecular formula is C15H10N4OS. The number of tetrazole rings is 1. The monoisotopic (exact) mass is 294 g/mol. The van der Waals surface area contributed by atoms with E-state index in [4.69, 9.17) is 0 Å². The molecule has 5 nitrogen and oxygen atoms in total. The summed E-state index contributed by atoms with van der Waals surface area (Å²) in [5.41, 5.74) is 0.930. The van der Waals surface area contributed by atoms with Crippen molar-refractivity contribution in [2.45, 2.75) is 0 Å². The van der Waals surface area contributed by atoms with Crippen LogP contribution in [0.25, 0.3) is 31.6 Å². The van der Waals surface area contributed by atoms with Gasteiger partial charge in [0, 0.05) is 25.7 Å². The highest BCUT2D eigenvalue weighted by atomic mass is 32.1. The molecule has 0 radical (unpaired) electrons. The summed E-state index contributed by atoms with van der Waals surface area (Å²) < 4.78 is 1.92. The molecule has 2 aromatic heterocycles. The lowest BCUT2D eigenvalue weighted by Crippen LogP contribution is -2.00. The average molecular weight is 294 g/mol. The van der Waals surface area contributed by atoms with Gasteiger partial charge in [-0.25, -0.2) is 0 Å². The van der Waals surface area contributed by atoms with Crippen LogP contribution in [-0.2, 0) is 7.05 Å². The largest absolute Gasteiger partial charge is 0.289 e. The second-order valence-corrected chi connectivity index (χ2v) is 5.82. The van der Waals surface area contributed by atoms with Crippen molar-refractivity contribution in [2.24, 2.45) is 7.05 Å². The van der Waals surface area contributed by atoms with Crippen LogP contribution >= 0.6 is 11.3 Å². The molecular weight excluding hydrogens is 284 g/mol. The quantitative estimate of drug-likeness (QED) is 0.506. The maximum atomic E-state index is 12.5. The minimum Gasteiger partial charge on any atom is -0.289 e. The van der Waals surface area contributed by atoms with Gasteiger partial charge in [0.1, 0.15) is 0 Å². The van der Waals surface area contributed by atoms with E-state index in [0.717, 1.165) is 25.7 Å². The Morgan fingerprint density at radius 3 is 2.67 bits per heavy atom. The van der Waals surface area contributed by atoms with Crippen LogP contribution in [0.5, 0.6) is 0 Å². The van der Waals surface area contributed by atoms with Gasteiger partial charge in [0.15, 0.2) is 5.43 Å². The topological polar surface area (TPSA) is 60.7 Å². The molecule has 0 aliphatic heterocycles. The minimum absolute atomic E-state index is 0.0676.